The Labute approximate surface area is 121 Å². The van der Waals surface area contributed by atoms with Crippen molar-refractivity contribution < 1.29 is 9.53 Å². The van der Waals surface area contributed by atoms with Crippen LogP contribution in [0, 0.1) is 5.92 Å². The van der Waals surface area contributed by atoms with Crippen LogP contribution in [0.15, 0.2) is 22.7 Å². The standard InChI is InChI=1S/C14H19BrN2O2/c1-2-19-14(18)9-3-5-11(7-9)17-13-6-4-10(16)8-12(13)15/h4,6,8-9,11,17H,2-3,5,7,16H2,1H3/t9-,11+/m0/s1. The molecule has 5 heteroatoms. The minimum atomic E-state index is -0.0665. The zero-order chi connectivity index (χ0) is 13.8. The molecule has 0 spiro atoms. The summed E-state index contributed by atoms with van der Waals surface area (Å²) >= 11 is 3.49. The third kappa shape index (κ3) is 3.62. The van der Waals surface area contributed by atoms with Crippen molar-refractivity contribution in [3.63, 3.8) is 0 Å². The molecule has 0 saturated heterocycles. The van der Waals surface area contributed by atoms with E-state index >= 15 is 0 Å². The number of hydrogen-bond donors (Lipinski definition) is 2. The third-order valence-electron chi connectivity index (χ3n) is 3.41. The van der Waals surface area contributed by atoms with Gasteiger partial charge in [-0.05, 0) is 60.3 Å². The molecule has 0 radical (unpaired) electrons. The zero-order valence-electron chi connectivity index (χ0n) is 11.0. The van der Waals surface area contributed by atoms with E-state index in [9.17, 15) is 4.79 Å². The van der Waals surface area contributed by atoms with Gasteiger partial charge in [0.1, 0.15) is 0 Å². The number of nitrogens with two attached hydrogens (primary N) is 1. The molecule has 19 heavy (non-hydrogen) atoms. The van der Waals surface area contributed by atoms with E-state index in [0.717, 1.165) is 35.1 Å². The van der Waals surface area contributed by atoms with Crippen molar-refractivity contribution in [2.45, 2.75) is 32.2 Å². The first-order valence-electron chi connectivity index (χ1n) is 6.58. The molecule has 1 aliphatic carbocycles. The van der Waals surface area contributed by atoms with Crippen LogP contribution in [-0.2, 0) is 9.53 Å². The number of benzene rings is 1. The smallest absolute Gasteiger partial charge is 0.308 e. The number of nitrogens with one attached hydrogen (secondary N) is 1. The second-order valence-electron chi connectivity index (χ2n) is 4.84. The molecule has 2 rings (SSSR count). The average molecular weight is 327 g/mol. The van der Waals surface area contributed by atoms with Crippen molar-refractivity contribution in [3.05, 3.63) is 22.7 Å². The summed E-state index contributed by atoms with van der Waals surface area (Å²) < 4.78 is 6.02. The van der Waals surface area contributed by atoms with Crippen molar-refractivity contribution in [2.24, 2.45) is 5.92 Å². The summed E-state index contributed by atoms with van der Waals surface area (Å²) in [5.41, 5.74) is 7.46. The van der Waals surface area contributed by atoms with Gasteiger partial charge in [-0.3, -0.25) is 4.79 Å². The van der Waals surface area contributed by atoms with Crippen LogP contribution in [0.2, 0.25) is 0 Å². The number of anilines is 2. The predicted molar refractivity (Wildman–Crippen MR) is 79.9 cm³/mol. The van der Waals surface area contributed by atoms with Crippen molar-refractivity contribution in [1.29, 1.82) is 0 Å². The van der Waals surface area contributed by atoms with Crippen molar-refractivity contribution in [1.82, 2.24) is 0 Å². The summed E-state index contributed by atoms with van der Waals surface area (Å²) in [6.07, 6.45) is 2.71. The second kappa shape index (κ2) is 6.28. The largest absolute Gasteiger partial charge is 0.466 e. The van der Waals surface area contributed by atoms with Crippen molar-refractivity contribution in [3.8, 4) is 0 Å². The molecule has 0 bridgehead atoms. The van der Waals surface area contributed by atoms with E-state index in [2.05, 4.69) is 21.2 Å². The minimum Gasteiger partial charge on any atom is -0.466 e. The maximum absolute atomic E-state index is 11.7. The highest BCUT2D eigenvalue weighted by molar-refractivity contribution is 9.10. The van der Waals surface area contributed by atoms with Gasteiger partial charge >= 0.3 is 5.97 Å². The summed E-state index contributed by atoms with van der Waals surface area (Å²) in [5.74, 6) is -0.0341. The van der Waals surface area contributed by atoms with Gasteiger partial charge in [-0.2, -0.15) is 0 Å². The van der Waals surface area contributed by atoms with E-state index in [4.69, 9.17) is 10.5 Å². The van der Waals surface area contributed by atoms with Gasteiger partial charge < -0.3 is 15.8 Å². The number of nitrogen functional groups attached to an aromatic ring is 1. The average Bonchev–Trinajstić information content (AvgIpc) is 2.82. The maximum Gasteiger partial charge on any atom is 0.308 e. The fourth-order valence-corrected chi connectivity index (χ4v) is 2.97. The van der Waals surface area contributed by atoms with Gasteiger partial charge in [-0.15, -0.1) is 0 Å². The maximum atomic E-state index is 11.7. The Morgan fingerprint density at radius 1 is 1.53 bits per heavy atom. The fourth-order valence-electron chi connectivity index (χ4n) is 2.46. The van der Waals surface area contributed by atoms with Gasteiger partial charge in [0.2, 0.25) is 0 Å². The quantitative estimate of drug-likeness (QED) is 0.658. The molecule has 3 N–H and O–H groups in total. The lowest BCUT2D eigenvalue weighted by Gasteiger charge is -2.16. The molecule has 0 heterocycles. The molecule has 0 aliphatic heterocycles. The van der Waals surface area contributed by atoms with Gasteiger partial charge in [-0.1, -0.05) is 0 Å². The molecule has 4 nitrogen and oxygen atoms in total. The van der Waals surface area contributed by atoms with E-state index in [1.165, 1.54) is 0 Å². The highest BCUT2D eigenvalue weighted by atomic mass is 79.9. The zero-order valence-corrected chi connectivity index (χ0v) is 12.6. The van der Waals surface area contributed by atoms with E-state index in [1.54, 1.807) is 0 Å². The van der Waals surface area contributed by atoms with Crippen LogP contribution in [0.4, 0.5) is 11.4 Å². The number of carbonyl (C=O) groups is 1. The normalized spacial score (nSPS) is 22.2. The summed E-state index contributed by atoms with van der Waals surface area (Å²) in [7, 11) is 0. The number of halogens is 1. The Bertz CT molecular complexity index is 465. The number of rotatable bonds is 4. The summed E-state index contributed by atoms with van der Waals surface area (Å²) in [6.45, 7) is 2.30. The Kier molecular flexibility index (Phi) is 4.69. The van der Waals surface area contributed by atoms with Gasteiger partial charge in [0.25, 0.3) is 0 Å². The molecule has 1 aromatic carbocycles. The van der Waals surface area contributed by atoms with Crippen LogP contribution >= 0.6 is 15.9 Å². The van der Waals surface area contributed by atoms with Crippen LogP contribution in [0.5, 0.6) is 0 Å². The molecular formula is C14H19BrN2O2. The van der Waals surface area contributed by atoms with Crippen LogP contribution in [0.25, 0.3) is 0 Å². The Balaban J connectivity index is 1.93. The highest BCUT2D eigenvalue weighted by Crippen LogP contribution is 2.32. The van der Waals surface area contributed by atoms with Gasteiger partial charge in [0.15, 0.2) is 0 Å². The summed E-state index contributed by atoms with van der Waals surface area (Å²) in [5, 5.41) is 3.45. The summed E-state index contributed by atoms with van der Waals surface area (Å²) in [4.78, 5) is 11.7. The monoisotopic (exact) mass is 326 g/mol. The van der Waals surface area contributed by atoms with E-state index < -0.39 is 0 Å². The molecule has 1 saturated carbocycles. The first-order valence-corrected chi connectivity index (χ1v) is 7.37. The molecule has 0 unspecified atom stereocenters. The molecule has 0 aromatic heterocycles. The van der Waals surface area contributed by atoms with Crippen molar-refractivity contribution in [2.75, 3.05) is 17.7 Å². The predicted octanol–water partition coefficient (Wildman–Crippen LogP) is 3.18. The number of ether oxygens (including phenoxy) is 1. The molecule has 104 valence electrons. The molecular weight excluding hydrogens is 308 g/mol. The van der Waals surface area contributed by atoms with Gasteiger partial charge in [0, 0.05) is 21.9 Å². The van der Waals surface area contributed by atoms with Crippen LogP contribution in [-0.4, -0.2) is 18.6 Å². The minimum absolute atomic E-state index is 0.0324. The number of hydrogen-bond acceptors (Lipinski definition) is 4. The van der Waals surface area contributed by atoms with E-state index in [1.807, 2.05) is 25.1 Å². The van der Waals surface area contributed by atoms with E-state index in [0.29, 0.717) is 12.6 Å². The van der Waals surface area contributed by atoms with Crippen molar-refractivity contribution >= 4 is 33.3 Å². The Morgan fingerprint density at radius 3 is 3.00 bits per heavy atom. The molecule has 2 atom stereocenters. The van der Waals surface area contributed by atoms with Crippen LogP contribution in [0.1, 0.15) is 26.2 Å². The second-order valence-corrected chi connectivity index (χ2v) is 5.70. The molecule has 1 aliphatic rings. The fraction of sp³-hybridized carbons (Fsp3) is 0.500. The van der Waals surface area contributed by atoms with Crippen LogP contribution < -0.4 is 11.1 Å². The van der Waals surface area contributed by atoms with E-state index in [-0.39, 0.29) is 11.9 Å². The summed E-state index contributed by atoms with van der Waals surface area (Å²) in [6, 6.07) is 6.01. The van der Waals surface area contributed by atoms with Gasteiger partial charge in [0.05, 0.1) is 12.5 Å². The van der Waals surface area contributed by atoms with Crippen LogP contribution in [0.3, 0.4) is 0 Å². The third-order valence-corrected chi connectivity index (χ3v) is 4.06. The molecule has 0 amide bonds. The lowest BCUT2D eigenvalue weighted by Crippen LogP contribution is -2.19. The molecule has 1 fully saturated rings. The number of carbonyl (C=O) groups excluding carboxylic acids is 1. The Hall–Kier alpha value is -1.23. The Morgan fingerprint density at radius 2 is 2.32 bits per heavy atom. The highest BCUT2D eigenvalue weighted by Gasteiger charge is 2.30. The lowest BCUT2D eigenvalue weighted by atomic mass is 10.1. The lowest BCUT2D eigenvalue weighted by molar-refractivity contribution is -0.147. The first-order chi connectivity index (χ1) is 9.10. The number of esters is 1. The van der Waals surface area contributed by atoms with Gasteiger partial charge in [-0.25, -0.2) is 0 Å². The first kappa shape index (κ1) is 14.2. The SMILES string of the molecule is CCOC(=O)[C@H]1CC[C@@H](Nc2ccc(N)cc2Br)C1. The molecule has 1 aromatic rings. The topological polar surface area (TPSA) is 64.3 Å².